The van der Waals surface area contributed by atoms with Gasteiger partial charge in [-0.3, -0.25) is 4.79 Å². The second-order valence-electron chi connectivity index (χ2n) is 3.22. The molecular weight excluding hydrogens is 222 g/mol. The number of amides is 1. The quantitative estimate of drug-likeness (QED) is 0.617. The van der Waals surface area contributed by atoms with E-state index in [-0.39, 0.29) is 5.56 Å². The summed E-state index contributed by atoms with van der Waals surface area (Å²) in [5.41, 5.74) is 4.67. The highest BCUT2D eigenvalue weighted by Gasteiger charge is 2.21. The number of carbonyl (C=O) groups is 1. The van der Waals surface area contributed by atoms with Gasteiger partial charge in [-0.2, -0.15) is 4.39 Å². The Morgan fingerprint density at radius 1 is 1.50 bits per heavy atom. The van der Waals surface area contributed by atoms with Crippen LogP contribution in [-0.2, 0) is 4.79 Å². The van der Waals surface area contributed by atoms with Crippen molar-refractivity contribution >= 4 is 5.91 Å². The van der Waals surface area contributed by atoms with E-state index >= 15 is 0 Å². The molecule has 0 radical (unpaired) electrons. The first-order valence-electron chi connectivity index (χ1n) is 4.37. The number of pyridine rings is 1. The van der Waals surface area contributed by atoms with Crippen molar-refractivity contribution in [3.63, 3.8) is 0 Å². The zero-order valence-corrected chi connectivity index (χ0v) is 8.10. The molecule has 1 heterocycles. The zero-order chi connectivity index (χ0) is 12.3. The van der Waals surface area contributed by atoms with Gasteiger partial charge in [0.05, 0.1) is 12.5 Å². The first kappa shape index (κ1) is 12.5. The molecule has 88 valence electrons. The molecule has 1 amide bonds. The Labute approximate surface area is 89.5 Å². The third kappa shape index (κ3) is 2.94. The van der Waals surface area contributed by atoms with Gasteiger partial charge in [0.25, 0.3) is 0 Å². The Morgan fingerprint density at radius 3 is 2.62 bits per heavy atom. The van der Waals surface area contributed by atoms with Crippen molar-refractivity contribution in [2.75, 3.05) is 0 Å². The number of aliphatic hydroxyl groups is 2. The van der Waals surface area contributed by atoms with Crippen LogP contribution in [0.15, 0.2) is 12.3 Å². The van der Waals surface area contributed by atoms with Gasteiger partial charge in [0.2, 0.25) is 11.9 Å². The molecule has 0 aliphatic heterocycles. The normalized spacial score (nSPS) is 14.5. The Hall–Kier alpha value is -1.60. The van der Waals surface area contributed by atoms with E-state index in [1.165, 1.54) is 0 Å². The average Bonchev–Trinajstić information content (AvgIpc) is 2.20. The van der Waals surface area contributed by atoms with Crippen molar-refractivity contribution in [1.29, 1.82) is 0 Å². The highest BCUT2D eigenvalue weighted by Crippen LogP contribution is 2.19. The van der Waals surface area contributed by atoms with Gasteiger partial charge in [-0.1, -0.05) is 0 Å². The van der Waals surface area contributed by atoms with Crippen LogP contribution in [0, 0.1) is 11.8 Å². The van der Waals surface area contributed by atoms with Crippen molar-refractivity contribution in [2.24, 2.45) is 5.73 Å². The number of halogens is 2. The fourth-order valence-electron chi connectivity index (χ4n) is 1.14. The second-order valence-corrected chi connectivity index (χ2v) is 3.22. The van der Waals surface area contributed by atoms with Gasteiger partial charge in [0, 0.05) is 11.8 Å². The molecule has 1 aromatic rings. The van der Waals surface area contributed by atoms with Crippen LogP contribution in [0.25, 0.3) is 0 Å². The standard InChI is InChI=1S/C9H10F2N2O3/c10-5-1-4(3-13-9(5)11)8(16)6(14)2-7(12)15/h1,3,6,8,14,16H,2H2,(H2,12,15). The molecule has 1 rings (SSSR count). The second kappa shape index (κ2) is 4.95. The van der Waals surface area contributed by atoms with Gasteiger partial charge in [-0.15, -0.1) is 0 Å². The first-order chi connectivity index (χ1) is 7.41. The van der Waals surface area contributed by atoms with Crippen LogP contribution in [-0.4, -0.2) is 27.2 Å². The largest absolute Gasteiger partial charge is 0.390 e. The molecule has 0 aliphatic carbocycles. The van der Waals surface area contributed by atoms with Crippen LogP contribution < -0.4 is 5.73 Å². The van der Waals surface area contributed by atoms with Crippen molar-refractivity contribution in [3.8, 4) is 0 Å². The number of hydrogen-bond acceptors (Lipinski definition) is 4. The van der Waals surface area contributed by atoms with E-state index in [2.05, 4.69) is 4.98 Å². The summed E-state index contributed by atoms with van der Waals surface area (Å²) < 4.78 is 25.2. The van der Waals surface area contributed by atoms with Crippen LogP contribution in [0.3, 0.4) is 0 Å². The van der Waals surface area contributed by atoms with Crippen LogP contribution in [0.2, 0.25) is 0 Å². The van der Waals surface area contributed by atoms with Crippen LogP contribution in [0.5, 0.6) is 0 Å². The van der Waals surface area contributed by atoms with E-state index in [1.54, 1.807) is 0 Å². The average molecular weight is 232 g/mol. The molecule has 0 fully saturated rings. The minimum Gasteiger partial charge on any atom is -0.390 e. The summed E-state index contributed by atoms with van der Waals surface area (Å²) in [6.07, 6.45) is -2.65. The van der Waals surface area contributed by atoms with Crippen molar-refractivity contribution in [1.82, 2.24) is 4.98 Å². The minimum atomic E-state index is -1.55. The van der Waals surface area contributed by atoms with Crippen molar-refractivity contribution in [2.45, 2.75) is 18.6 Å². The lowest BCUT2D eigenvalue weighted by atomic mass is 10.0. The summed E-state index contributed by atoms with van der Waals surface area (Å²) in [7, 11) is 0. The molecule has 0 saturated heterocycles. The molecule has 2 unspecified atom stereocenters. The number of nitrogens with two attached hydrogens (primary N) is 1. The molecule has 0 spiro atoms. The van der Waals surface area contributed by atoms with E-state index in [0.29, 0.717) is 6.07 Å². The number of primary amides is 1. The molecule has 7 heteroatoms. The molecule has 2 atom stereocenters. The molecule has 1 aromatic heterocycles. The van der Waals surface area contributed by atoms with E-state index in [1.807, 2.05) is 0 Å². The summed E-state index contributed by atoms with van der Waals surface area (Å²) in [5, 5.41) is 18.8. The van der Waals surface area contributed by atoms with Crippen LogP contribution >= 0.6 is 0 Å². The molecule has 4 N–H and O–H groups in total. The number of carbonyl (C=O) groups excluding carboxylic acids is 1. The molecule has 16 heavy (non-hydrogen) atoms. The maximum atomic E-state index is 12.7. The number of aliphatic hydroxyl groups excluding tert-OH is 2. The molecule has 5 nitrogen and oxygen atoms in total. The smallest absolute Gasteiger partial charge is 0.248 e. The van der Waals surface area contributed by atoms with Gasteiger partial charge in [0.1, 0.15) is 6.10 Å². The van der Waals surface area contributed by atoms with E-state index in [9.17, 15) is 23.8 Å². The minimum absolute atomic E-state index is 0.132. The Kier molecular flexibility index (Phi) is 3.86. The van der Waals surface area contributed by atoms with Crippen molar-refractivity contribution in [3.05, 3.63) is 29.6 Å². The number of rotatable bonds is 4. The Morgan fingerprint density at radius 2 is 2.12 bits per heavy atom. The zero-order valence-electron chi connectivity index (χ0n) is 8.10. The lowest BCUT2D eigenvalue weighted by Crippen LogP contribution is -2.25. The SMILES string of the molecule is NC(=O)CC(O)C(O)c1cnc(F)c(F)c1. The van der Waals surface area contributed by atoms with Crippen molar-refractivity contribution < 1.29 is 23.8 Å². The van der Waals surface area contributed by atoms with Gasteiger partial charge >= 0.3 is 0 Å². The fourth-order valence-corrected chi connectivity index (χ4v) is 1.14. The highest BCUT2D eigenvalue weighted by molar-refractivity contribution is 5.74. The Bertz CT molecular complexity index is 400. The monoisotopic (exact) mass is 232 g/mol. The topological polar surface area (TPSA) is 96.4 Å². The third-order valence-electron chi connectivity index (χ3n) is 1.93. The first-order valence-corrected chi connectivity index (χ1v) is 4.37. The van der Waals surface area contributed by atoms with Gasteiger partial charge in [-0.25, -0.2) is 9.37 Å². The molecule has 0 bridgehead atoms. The number of nitrogens with zero attached hydrogens (tertiary/aromatic N) is 1. The van der Waals surface area contributed by atoms with E-state index in [4.69, 9.17) is 5.73 Å². The number of hydrogen-bond donors (Lipinski definition) is 3. The highest BCUT2D eigenvalue weighted by atomic mass is 19.2. The van der Waals surface area contributed by atoms with Gasteiger partial charge < -0.3 is 15.9 Å². The fraction of sp³-hybridized carbons (Fsp3) is 0.333. The molecule has 0 aromatic carbocycles. The van der Waals surface area contributed by atoms with Gasteiger partial charge in [0.15, 0.2) is 5.82 Å². The van der Waals surface area contributed by atoms with Crippen LogP contribution in [0.1, 0.15) is 18.1 Å². The maximum Gasteiger partial charge on any atom is 0.248 e. The summed E-state index contributed by atoms with van der Waals surface area (Å²) >= 11 is 0. The predicted octanol–water partition coefficient (Wildman–Crippen LogP) is -0.371. The number of aromatic nitrogens is 1. The molecule has 0 saturated carbocycles. The molecule has 0 aliphatic rings. The van der Waals surface area contributed by atoms with E-state index in [0.717, 1.165) is 6.20 Å². The van der Waals surface area contributed by atoms with Gasteiger partial charge in [-0.05, 0) is 6.07 Å². The molecular formula is C9H10F2N2O3. The third-order valence-corrected chi connectivity index (χ3v) is 1.93. The lowest BCUT2D eigenvalue weighted by molar-refractivity contribution is -0.121. The predicted molar refractivity (Wildman–Crippen MR) is 48.9 cm³/mol. The lowest BCUT2D eigenvalue weighted by Gasteiger charge is -2.16. The maximum absolute atomic E-state index is 12.7. The summed E-state index contributed by atoms with van der Waals surface area (Å²) in [6, 6.07) is 0.692. The van der Waals surface area contributed by atoms with Crippen LogP contribution in [0.4, 0.5) is 8.78 Å². The summed E-state index contributed by atoms with van der Waals surface area (Å²) in [5.74, 6) is -3.37. The summed E-state index contributed by atoms with van der Waals surface area (Å²) in [4.78, 5) is 13.5. The Balaban J connectivity index is 2.83. The summed E-state index contributed by atoms with van der Waals surface area (Å²) in [6.45, 7) is 0. The van der Waals surface area contributed by atoms with E-state index < -0.39 is 36.3 Å².